The number of carbonyl (C=O) groups excluding carboxylic acids is 1. The van der Waals surface area contributed by atoms with Gasteiger partial charge in [-0.2, -0.15) is 5.26 Å². The maximum atomic E-state index is 13.3. The third-order valence-electron chi connectivity index (χ3n) is 5.94. The number of nitrogens with two attached hydrogens (primary N) is 1. The summed E-state index contributed by atoms with van der Waals surface area (Å²) in [6.07, 6.45) is 4.99. The molecule has 2 aliphatic rings. The van der Waals surface area contributed by atoms with Crippen molar-refractivity contribution in [2.45, 2.75) is 68.8 Å². The van der Waals surface area contributed by atoms with Crippen molar-refractivity contribution in [2.24, 2.45) is 9.50 Å². The number of urea groups is 1. The highest BCUT2D eigenvalue weighted by Gasteiger charge is 2.31. The SMILES string of the molecule is COCc1nc(C(C)(C)O)sc1[S@@](N)(=O)=NC(=O)Nc1c2c(c(C#N)c3c1CCC3)CCC2. The fraction of sp³-hybridized carbons (Fsp3) is 0.500. The molecule has 4 rings (SSSR count). The molecule has 4 N–H and O–H groups in total. The molecule has 1 aromatic heterocycles. The lowest BCUT2D eigenvalue weighted by Gasteiger charge is -2.17. The van der Waals surface area contributed by atoms with E-state index < -0.39 is 21.5 Å². The van der Waals surface area contributed by atoms with E-state index in [-0.39, 0.29) is 16.5 Å². The number of ether oxygens (including phenoxy) is 1. The molecule has 0 saturated carbocycles. The van der Waals surface area contributed by atoms with E-state index in [0.717, 1.165) is 77.7 Å². The van der Waals surface area contributed by atoms with Crippen LogP contribution in [0.2, 0.25) is 0 Å². The van der Waals surface area contributed by atoms with Crippen LogP contribution in [0.25, 0.3) is 0 Å². The Morgan fingerprint density at radius 1 is 1.27 bits per heavy atom. The summed E-state index contributed by atoms with van der Waals surface area (Å²) in [6, 6.07) is 1.55. The average Bonchev–Trinajstić information content (AvgIpc) is 3.46. The number of methoxy groups -OCH3 is 1. The van der Waals surface area contributed by atoms with E-state index in [2.05, 4.69) is 20.7 Å². The maximum Gasteiger partial charge on any atom is 0.354 e. The van der Waals surface area contributed by atoms with Gasteiger partial charge < -0.3 is 15.2 Å². The minimum atomic E-state index is -3.64. The van der Waals surface area contributed by atoms with Crippen molar-refractivity contribution in [3.63, 3.8) is 0 Å². The minimum Gasteiger partial charge on any atom is -0.383 e. The highest BCUT2D eigenvalue weighted by molar-refractivity contribution is 7.93. The van der Waals surface area contributed by atoms with Gasteiger partial charge in [-0.15, -0.1) is 15.7 Å². The van der Waals surface area contributed by atoms with Crippen LogP contribution in [0.15, 0.2) is 8.57 Å². The Labute approximate surface area is 197 Å². The highest BCUT2D eigenvalue weighted by Crippen LogP contribution is 2.41. The summed E-state index contributed by atoms with van der Waals surface area (Å²) in [5.41, 5.74) is 4.40. The maximum absolute atomic E-state index is 13.3. The Kier molecular flexibility index (Phi) is 6.32. The normalized spacial score (nSPS) is 16.6. The first-order valence-corrected chi connectivity index (χ1v) is 13.1. The van der Waals surface area contributed by atoms with Crippen molar-refractivity contribution in [1.82, 2.24) is 4.98 Å². The van der Waals surface area contributed by atoms with E-state index in [9.17, 15) is 19.4 Å². The number of rotatable bonds is 5. The number of hydrogen-bond acceptors (Lipinski definition) is 7. The van der Waals surface area contributed by atoms with Crippen LogP contribution in [0.3, 0.4) is 0 Å². The smallest absolute Gasteiger partial charge is 0.354 e. The number of amides is 2. The summed E-state index contributed by atoms with van der Waals surface area (Å²) < 4.78 is 22.4. The molecule has 1 aromatic carbocycles. The quantitative estimate of drug-likeness (QED) is 0.586. The van der Waals surface area contributed by atoms with Crippen LogP contribution in [0.4, 0.5) is 10.5 Å². The topological polar surface area (TPSA) is 151 Å². The number of nitriles is 1. The van der Waals surface area contributed by atoms with Gasteiger partial charge in [-0.25, -0.2) is 19.1 Å². The lowest BCUT2D eigenvalue weighted by molar-refractivity contribution is 0.0776. The average molecular weight is 490 g/mol. The van der Waals surface area contributed by atoms with Gasteiger partial charge in [0, 0.05) is 12.8 Å². The molecule has 0 fully saturated rings. The fourth-order valence-corrected chi connectivity index (χ4v) is 7.04. The Morgan fingerprint density at radius 3 is 2.36 bits per heavy atom. The summed E-state index contributed by atoms with van der Waals surface area (Å²) >= 11 is 0.955. The molecule has 2 aliphatic carbocycles. The van der Waals surface area contributed by atoms with Gasteiger partial charge in [0.05, 0.1) is 23.9 Å². The number of anilines is 1. The van der Waals surface area contributed by atoms with Crippen LogP contribution in [-0.4, -0.2) is 27.4 Å². The Morgan fingerprint density at radius 2 is 1.85 bits per heavy atom. The largest absolute Gasteiger partial charge is 0.383 e. The van der Waals surface area contributed by atoms with Gasteiger partial charge in [0.15, 0.2) is 9.92 Å². The molecule has 0 radical (unpaired) electrons. The second-order valence-corrected chi connectivity index (χ2v) is 11.8. The first-order valence-electron chi connectivity index (χ1n) is 10.7. The summed E-state index contributed by atoms with van der Waals surface area (Å²) in [7, 11) is -2.18. The van der Waals surface area contributed by atoms with Crippen LogP contribution in [0.5, 0.6) is 0 Å². The molecule has 0 saturated heterocycles. The molecule has 33 heavy (non-hydrogen) atoms. The third kappa shape index (κ3) is 4.41. The van der Waals surface area contributed by atoms with E-state index >= 15 is 0 Å². The number of carbonyl (C=O) groups is 1. The molecule has 0 bridgehead atoms. The van der Waals surface area contributed by atoms with Crippen LogP contribution in [0.1, 0.15) is 65.2 Å². The zero-order valence-corrected chi connectivity index (χ0v) is 20.5. The van der Waals surface area contributed by atoms with E-state index in [1.807, 2.05) is 0 Å². The van der Waals surface area contributed by atoms with Crippen molar-refractivity contribution in [1.29, 1.82) is 5.26 Å². The molecule has 0 aliphatic heterocycles. The molecule has 0 spiro atoms. The lowest BCUT2D eigenvalue weighted by Crippen LogP contribution is -2.19. The van der Waals surface area contributed by atoms with E-state index in [4.69, 9.17) is 9.88 Å². The third-order valence-corrected chi connectivity index (χ3v) is 9.31. The lowest BCUT2D eigenvalue weighted by atomic mass is 9.93. The number of thiazole rings is 1. The minimum absolute atomic E-state index is 0.0177. The van der Waals surface area contributed by atoms with Crippen molar-refractivity contribution in [2.75, 3.05) is 12.4 Å². The summed E-state index contributed by atoms with van der Waals surface area (Å²) in [5.74, 6) is 0. The second kappa shape index (κ2) is 8.77. The molecule has 9 nitrogen and oxygen atoms in total. The monoisotopic (exact) mass is 489 g/mol. The molecular formula is C22H27N5O4S2. The van der Waals surface area contributed by atoms with Gasteiger partial charge >= 0.3 is 6.03 Å². The first-order chi connectivity index (χ1) is 15.6. The van der Waals surface area contributed by atoms with Crippen molar-refractivity contribution in [3.05, 3.63) is 38.5 Å². The Balaban J connectivity index is 1.73. The Bertz CT molecular complexity index is 1260. The Hall–Kier alpha value is -2.36. The van der Waals surface area contributed by atoms with Crippen LogP contribution in [-0.2, 0) is 52.5 Å². The molecule has 0 unspecified atom stereocenters. The second-order valence-electron chi connectivity index (χ2n) is 8.82. The van der Waals surface area contributed by atoms with Crippen LogP contribution < -0.4 is 10.5 Å². The standard InChI is InChI=1S/C22H27N5O4S2/c1-22(2,29)20-25-17(11-31-3)19(32-20)33(24,30)27-21(28)26-18-14-8-4-6-12(14)16(10-23)13-7-5-9-15(13)18/h29H,4-9,11H2,1-3H3,(H3,24,26,27,28,30)/t33-/m0/s1. The fourth-order valence-electron chi connectivity index (χ4n) is 4.59. The molecular weight excluding hydrogens is 462 g/mol. The highest BCUT2D eigenvalue weighted by atomic mass is 32.2. The van der Waals surface area contributed by atoms with Gasteiger partial charge in [-0.1, -0.05) is 0 Å². The molecule has 176 valence electrons. The van der Waals surface area contributed by atoms with E-state index in [1.165, 1.54) is 7.11 Å². The number of fused-ring (bicyclic) bond motifs is 2. The van der Waals surface area contributed by atoms with Gasteiger partial charge in [0.25, 0.3) is 0 Å². The zero-order chi connectivity index (χ0) is 24.0. The predicted octanol–water partition coefficient (Wildman–Crippen LogP) is 3.30. The van der Waals surface area contributed by atoms with Gasteiger partial charge in [-0.3, -0.25) is 0 Å². The molecule has 1 heterocycles. The predicted molar refractivity (Wildman–Crippen MR) is 125 cm³/mol. The number of benzene rings is 1. The molecule has 2 aromatic rings. The van der Waals surface area contributed by atoms with E-state index in [1.54, 1.807) is 13.8 Å². The van der Waals surface area contributed by atoms with Crippen LogP contribution in [0, 0.1) is 11.3 Å². The number of aromatic nitrogens is 1. The summed E-state index contributed by atoms with van der Waals surface area (Å²) in [4.78, 5) is 17.2. The van der Waals surface area contributed by atoms with Gasteiger partial charge in [0.2, 0.25) is 0 Å². The number of aliphatic hydroxyl groups is 1. The van der Waals surface area contributed by atoms with Crippen molar-refractivity contribution < 1.29 is 18.8 Å². The summed E-state index contributed by atoms with van der Waals surface area (Å²) in [5, 5.41) is 29.2. The van der Waals surface area contributed by atoms with Crippen molar-refractivity contribution >= 4 is 33.0 Å². The van der Waals surface area contributed by atoms with Crippen molar-refractivity contribution in [3.8, 4) is 6.07 Å². The zero-order valence-electron chi connectivity index (χ0n) is 18.9. The number of hydrogen-bond donors (Lipinski definition) is 3. The van der Waals surface area contributed by atoms with E-state index in [0.29, 0.717) is 10.7 Å². The number of nitrogens with one attached hydrogen (secondary N) is 1. The number of nitrogens with zero attached hydrogens (tertiary/aromatic N) is 3. The van der Waals surface area contributed by atoms with Crippen LogP contribution >= 0.6 is 11.3 Å². The van der Waals surface area contributed by atoms with Gasteiger partial charge in [-0.05, 0) is 74.6 Å². The molecule has 11 heteroatoms. The summed E-state index contributed by atoms with van der Waals surface area (Å²) in [6.45, 7) is 3.13. The molecule has 2 amide bonds. The molecule has 1 atom stereocenters. The van der Waals surface area contributed by atoms with Gasteiger partial charge in [0.1, 0.15) is 14.8 Å². The first kappa shape index (κ1) is 23.8.